The summed E-state index contributed by atoms with van der Waals surface area (Å²) < 4.78 is 5.69. The quantitative estimate of drug-likeness (QED) is 0.334. The van der Waals surface area contributed by atoms with E-state index in [1.165, 1.54) is 12.2 Å². The van der Waals surface area contributed by atoms with E-state index in [0.717, 1.165) is 0 Å². The van der Waals surface area contributed by atoms with Crippen molar-refractivity contribution in [2.24, 2.45) is 8.80 Å². The van der Waals surface area contributed by atoms with Crippen LogP contribution in [0.25, 0.3) is 0 Å². The van der Waals surface area contributed by atoms with Crippen LogP contribution in [0.5, 0.6) is 0 Å². The lowest BCUT2D eigenvalue weighted by Gasteiger charge is -1.60. The molecule has 0 rings (SSSR count). The van der Waals surface area contributed by atoms with E-state index >= 15 is 0 Å². The van der Waals surface area contributed by atoms with Crippen LogP contribution in [0.2, 0.25) is 0 Å². The van der Waals surface area contributed by atoms with Crippen LogP contribution in [0.1, 0.15) is 13.8 Å². The van der Waals surface area contributed by atoms with Crippen LogP contribution >= 0.6 is 12.1 Å². The monoisotopic (exact) mass is 146 g/mol. The molecule has 0 spiro atoms. The molecular formula is C4H6N2O2S. The summed E-state index contributed by atoms with van der Waals surface area (Å²) in [5, 5.41) is 0. The van der Waals surface area contributed by atoms with E-state index in [2.05, 4.69) is 8.80 Å². The first-order valence-corrected chi connectivity index (χ1v) is 2.95. The second kappa shape index (κ2) is 15.7. The normalized spacial score (nSPS) is 5.11. The number of isocyanates is 2. The van der Waals surface area contributed by atoms with E-state index in [-0.39, 0.29) is 0 Å². The van der Waals surface area contributed by atoms with Gasteiger partial charge in [-0.25, -0.2) is 9.59 Å². The largest absolute Gasteiger partial charge is 0.249 e. The fourth-order valence-electron chi connectivity index (χ4n) is 0.0537. The molecule has 0 aromatic rings. The maximum Gasteiger partial charge on any atom is 0.249 e. The van der Waals surface area contributed by atoms with Crippen LogP contribution in [0, 0.1) is 0 Å². The van der Waals surface area contributed by atoms with Gasteiger partial charge in [-0.2, -0.15) is 0 Å². The molecule has 0 aliphatic heterocycles. The van der Waals surface area contributed by atoms with Gasteiger partial charge in [0.05, 0.1) is 0 Å². The Balaban J connectivity index is 0. The Labute approximate surface area is 57.3 Å². The average Bonchev–Trinajstić information content (AvgIpc) is 1.94. The van der Waals surface area contributed by atoms with Gasteiger partial charge in [-0.1, -0.05) is 13.8 Å². The molecule has 9 heavy (non-hydrogen) atoms. The molecule has 0 bridgehead atoms. The second-order valence-corrected chi connectivity index (χ2v) is 0.975. The molecule has 50 valence electrons. The molecule has 5 heteroatoms. The lowest BCUT2D eigenvalue weighted by atomic mass is 11.0. The Hall–Kier alpha value is -0.890. The van der Waals surface area contributed by atoms with Crippen molar-refractivity contribution >= 4 is 24.3 Å². The summed E-state index contributed by atoms with van der Waals surface area (Å²) in [6, 6.07) is 0. The summed E-state index contributed by atoms with van der Waals surface area (Å²) in [5.74, 6) is 0. The predicted molar refractivity (Wildman–Crippen MR) is 35.2 cm³/mol. The topological polar surface area (TPSA) is 58.9 Å². The molecule has 0 saturated carbocycles. The number of carbonyl (C=O) groups excluding carboxylic acids is 2. The molecule has 0 aromatic carbocycles. The molecule has 0 saturated heterocycles. The van der Waals surface area contributed by atoms with Gasteiger partial charge in [0.15, 0.2) is 0 Å². The van der Waals surface area contributed by atoms with Gasteiger partial charge in [-0.05, 0) is 0 Å². The zero-order chi connectivity index (χ0) is 7.54. The van der Waals surface area contributed by atoms with E-state index in [9.17, 15) is 9.59 Å². The number of rotatable bonds is 2. The summed E-state index contributed by atoms with van der Waals surface area (Å²) in [6.07, 6.45) is 2.34. The van der Waals surface area contributed by atoms with Gasteiger partial charge in [0.2, 0.25) is 12.2 Å². The standard InChI is InChI=1S/C2N2O2S.C2H6/c5-1-3-7-4-2-6;1-2/h;1-2H3. The van der Waals surface area contributed by atoms with Crippen LogP contribution in [0.3, 0.4) is 0 Å². The fourth-order valence-corrected chi connectivity index (χ4v) is 0.161. The first-order valence-electron chi connectivity index (χ1n) is 2.22. The lowest BCUT2D eigenvalue weighted by Crippen LogP contribution is -1.43. The molecule has 0 unspecified atom stereocenters. The number of hydrogen-bond donors (Lipinski definition) is 0. The highest BCUT2D eigenvalue weighted by Crippen LogP contribution is 1.96. The predicted octanol–water partition coefficient (Wildman–Crippen LogP) is 1.25. The summed E-state index contributed by atoms with van der Waals surface area (Å²) in [5.41, 5.74) is 0. The SMILES string of the molecule is CC.O=C=NSN=C=O. The van der Waals surface area contributed by atoms with Gasteiger partial charge < -0.3 is 0 Å². The molecule has 4 nitrogen and oxygen atoms in total. The molecule has 0 heterocycles. The van der Waals surface area contributed by atoms with Gasteiger partial charge in [0.1, 0.15) is 12.1 Å². The first kappa shape index (κ1) is 11.0. The molecule has 0 amide bonds. The van der Waals surface area contributed by atoms with Crippen molar-refractivity contribution in [3.63, 3.8) is 0 Å². The third-order valence-electron chi connectivity index (χ3n) is 0.156. The highest BCUT2D eigenvalue weighted by atomic mass is 32.2. The van der Waals surface area contributed by atoms with Crippen LogP contribution < -0.4 is 0 Å². The second-order valence-electron chi connectivity index (χ2n) is 0.447. The summed E-state index contributed by atoms with van der Waals surface area (Å²) in [6.45, 7) is 4.00. The molecule has 0 aromatic heterocycles. The Morgan fingerprint density at radius 1 is 1.11 bits per heavy atom. The minimum Gasteiger partial charge on any atom is -0.210 e. The average molecular weight is 146 g/mol. The Bertz CT molecular complexity index is 120. The van der Waals surface area contributed by atoms with Crippen molar-refractivity contribution in [2.75, 3.05) is 0 Å². The van der Waals surface area contributed by atoms with Crippen LogP contribution in [-0.2, 0) is 9.59 Å². The Morgan fingerprint density at radius 3 is 1.67 bits per heavy atom. The zero-order valence-corrected chi connectivity index (χ0v) is 5.94. The summed E-state index contributed by atoms with van der Waals surface area (Å²) in [7, 11) is 0. The Kier molecular flexibility index (Phi) is 19.2. The minimum atomic E-state index is 0.456. The number of nitrogens with zero attached hydrogens (tertiary/aromatic N) is 2. The molecule has 0 atom stereocenters. The molecule has 0 N–H and O–H groups in total. The first-order chi connectivity index (χ1) is 4.41. The van der Waals surface area contributed by atoms with Gasteiger partial charge in [-0.15, -0.1) is 8.80 Å². The van der Waals surface area contributed by atoms with Crippen LogP contribution in [-0.4, -0.2) is 12.2 Å². The van der Waals surface area contributed by atoms with Crippen molar-refractivity contribution in [1.82, 2.24) is 0 Å². The van der Waals surface area contributed by atoms with Crippen molar-refractivity contribution in [3.05, 3.63) is 0 Å². The van der Waals surface area contributed by atoms with E-state index in [1.54, 1.807) is 0 Å². The smallest absolute Gasteiger partial charge is 0.210 e. The lowest BCUT2D eigenvalue weighted by molar-refractivity contribution is 0.566. The van der Waals surface area contributed by atoms with Crippen molar-refractivity contribution in [3.8, 4) is 0 Å². The van der Waals surface area contributed by atoms with Crippen molar-refractivity contribution < 1.29 is 9.59 Å². The van der Waals surface area contributed by atoms with Crippen molar-refractivity contribution in [2.45, 2.75) is 13.8 Å². The molecule has 0 aliphatic carbocycles. The third kappa shape index (κ3) is 19.2. The third-order valence-corrected chi connectivity index (χ3v) is 0.469. The van der Waals surface area contributed by atoms with Gasteiger partial charge in [0.25, 0.3) is 0 Å². The van der Waals surface area contributed by atoms with Gasteiger partial charge >= 0.3 is 0 Å². The van der Waals surface area contributed by atoms with Crippen molar-refractivity contribution in [1.29, 1.82) is 0 Å². The molecule has 0 fully saturated rings. The highest BCUT2D eigenvalue weighted by molar-refractivity contribution is 7.96. The van der Waals surface area contributed by atoms with E-state index in [4.69, 9.17) is 0 Å². The van der Waals surface area contributed by atoms with Crippen LogP contribution in [0.15, 0.2) is 8.80 Å². The van der Waals surface area contributed by atoms with E-state index < -0.39 is 0 Å². The fraction of sp³-hybridized carbons (Fsp3) is 0.500. The number of hydrogen-bond acceptors (Lipinski definition) is 5. The highest BCUT2D eigenvalue weighted by Gasteiger charge is 1.66. The van der Waals surface area contributed by atoms with E-state index in [0.29, 0.717) is 12.1 Å². The molecule has 0 aliphatic rings. The maximum absolute atomic E-state index is 9.18. The van der Waals surface area contributed by atoms with E-state index in [1.807, 2.05) is 13.8 Å². The Morgan fingerprint density at radius 2 is 1.44 bits per heavy atom. The minimum absolute atomic E-state index is 0.456. The zero-order valence-electron chi connectivity index (χ0n) is 5.12. The molecule has 0 radical (unpaired) electrons. The van der Waals surface area contributed by atoms with Crippen LogP contribution in [0.4, 0.5) is 0 Å². The molecular weight excluding hydrogens is 140 g/mol. The van der Waals surface area contributed by atoms with Gasteiger partial charge in [-0.3, -0.25) is 0 Å². The maximum atomic E-state index is 9.18. The summed E-state index contributed by atoms with van der Waals surface area (Å²) in [4.78, 5) is 18.4. The summed E-state index contributed by atoms with van der Waals surface area (Å²) >= 11 is 0.456. The van der Waals surface area contributed by atoms with Gasteiger partial charge in [0, 0.05) is 0 Å².